The SMILES string of the molecule is Cc1nc(C(=O)Nc2ccc(F)cc2F)cc(N2CCN(C=O)CC2)n1. The van der Waals surface area contributed by atoms with Gasteiger partial charge in [0, 0.05) is 38.3 Å². The highest BCUT2D eigenvalue weighted by Crippen LogP contribution is 2.18. The van der Waals surface area contributed by atoms with Crippen LogP contribution in [-0.2, 0) is 4.79 Å². The highest BCUT2D eigenvalue weighted by molar-refractivity contribution is 6.03. The van der Waals surface area contributed by atoms with Crippen molar-refractivity contribution in [1.82, 2.24) is 14.9 Å². The van der Waals surface area contributed by atoms with Gasteiger partial charge in [0.15, 0.2) is 0 Å². The van der Waals surface area contributed by atoms with Crippen LogP contribution in [0.5, 0.6) is 0 Å². The highest BCUT2D eigenvalue weighted by Gasteiger charge is 2.20. The van der Waals surface area contributed by atoms with Gasteiger partial charge in [-0.15, -0.1) is 0 Å². The zero-order valence-corrected chi connectivity index (χ0v) is 14.1. The fourth-order valence-electron chi connectivity index (χ4n) is 2.66. The Balaban J connectivity index is 1.78. The Labute approximate surface area is 148 Å². The van der Waals surface area contributed by atoms with Crippen LogP contribution in [0.2, 0.25) is 0 Å². The molecule has 2 heterocycles. The molecule has 0 unspecified atom stereocenters. The zero-order valence-electron chi connectivity index (χ0n) is 14.1. The summed E-state index contributed by atoms with van der Waals surface area (Å²) in [6.07, 6.45) is 0.804. The first-order chi connectivity index (χ1) is 12.5. The van der Waals surface area contributed by atoms with Gasteiger partial charge in [0.25, 0.3) is 5.91 Å². The Morgan fingerprint density at radius 3 is 2.54 bits per heavy atom. The monoisotopic (exact) mass is 361 g/mol. The van der Waals surface area contributed by atoms with Crippen LogP contribution in [-0.4, -0.2) is 53.4 Å². The third-order valence-electron chi connectivity index (χ3n) is 4.02. The fraction of sp³-hybridized carbons (Fsp3) is 0.294. The van der Waals surface area contributed by atoms with Gasteiger partial charge in [0.2, 0.25) is 6.41 Å². The molecule has 26 heavy (non-hydrogen) atoms. The minimum Gasteiger partial charge on any atom is -0.353 e. The number of amides is 2. The molecular weight excluding hydrogens is 344 g/mol. The number of hydrogen-bond donors (Lipinski definition) is 1. The number of aromatic nitrogens is 2. The van der Waals surface area contributed by atoms with Crippen molar-refractivity contribution in [2.45, 2.75) is 6.92 Å². The summed E-state index contributed by atoms with van der Waals surface area (Å²) in [6, 6.07) is 4.41. The standard InChI is InChI=1S/C17H17F2N5O2/c1-11-20-15(17(26)22-14-3-2-12(18)8-13(14)19)9-16(21-11)24-6-4-23(10-25)5-7-24/h2-3,8-10H,4-7H2,1H3,(H,22,26). The molecule has 1 aliphatic rings. The third-order valence-corrected chi connectivity index (χ3v) is 4.02. The predicted molar refractivity (Wildman–Crippen MR) is 90.9 cm³/mol. The maximum Gasteiger partial charge on any atom is 0.274 e. The van der Waals surface area contributed by atoms with Crippen LogP contribution < -0.4 is 10.2 Å². The zero-order chi connectivity index (χ0) is 18.7. The first-order valence-corrected chi connectivity index (χ1v) is 8.02. The molecule has 1 aliphatic heterocycles. The molecular formula is C17H17F2N5O2. The number of rotatable bonds is 4. The smallest absolute Gasteiger partial charge is 0.274 e. The van der Waals surface area contributed by atoms with Crippen molar-refractivity contribution in [3.63, 3.8) is 0 Å². The summed E-state index contributed by atoms with van der Waals surface area (Å²) in [5, 5.41) is 2.38. The van der Waals surface area contributed by atoms with Gasteiger partial charge in [0.1, 0.15) is 29.0 Å². The maximum absolute atomic E-state index is 13.7. The predicted octanol–water partition coefficient (Wildman–Crippen LogP) is 1.59. The summed E-state index contributed by atoms with van der Waals surface area (Å²) < 4.78 is 26.7. The highest BCUT2D eigenvalue weighted by atomic mass is 19.1. The van der Waals surface area contributed by atoms with Crippen LogP contribution in [0, 0.1) is 18.6 Å². The van der Waals surface area contributed by atoms with Crippen molar-refractivity contribution >= 4 is 23.8 Å². The fourth-order valence-corrected chi connectivity index (χ4v) is 2.66. The molecule has 3 rings (SSSR count). The minimum atomic E-state index is -0.866. The topological polar surface area (TPSA) is 78.4 Å². The lowest BCUT2D eigenvalue weighted by molar-refractivity contribution is -0.118. The van der Waals surface area contributed by atoms with Crippen molar-refractivity contribution in [2.24, 2.45) is 0 Å². The quantitative estimate of drug-likeness (QED) is 0.837. The molecule has 1 aromatic heterocycles. The van der Waals surface area contributed by atoms with E-state index in [4.69, 9.17) is 0 Å². The second-order valence-electron chi connectivity index (χ2n) is 5.87. The third kappa shape index (κ3) is 3.93. The Hall–Kier alpha value is -3.10. The van der Waals surface area contributed by atoms with Gasteiger partial charge in [-0.25, -0.2) is 18.7 Å². The van der Waals surface area contributed by atoms with Crippen LogP contribution in [0.25, 0.3) is 0 Å². The minimum absolute atomic E-state index is 0.0778. The van der Waals surface area contributed by atoms with E-state index in [1.165, 1.54) is 6.07 Å². The molecule has 2 aromatic rings. The van der Waals surface area contributed by atoms with Gasteiger partial charge >= 0.3 is 0 Å². The second kappa shape index (κ2) is 7.42. The number of carbonyl (C=O) groups is 2. The van der Waals surface area contributed by atoms with Crippen LogP contribution in [0.15, 0.2) is 24.3 Å². The van der Waals surface area contributed by atoms with Gasteiger partial charge in [-0.05, 0) is 19.1 Å². The van der Waals surface area contributed by atoms with Crippen molar-refractivity contribution in [3.05, 3.63) is 47.4 Å². The van der Waals surface area contributed by atoms with Crippen molar-refractivity contribution in [2.75, 3.05) is 36.4 Å². The molecule has 0 saturated carbocycles. The summed E-state index contributed by atoms with van der Waals surface area (Å²) in [6.45, 7) is 3.95. The van der Waals surface area contributed by atoms with Crippen LogP contribution in [0.4, 0.5) is 20.3 Å². The molecule has 0 atom stereocenters. The summed E-state index contributed by atoms with van der Waals surface area (Å²) >= 11 is 0. The van der Waals surface area contributed by atoms with Crippen molar-refractivity contribution in [1.29, 1.82) is 0 Å². The summed E-state index contributed by atoms with van der Waals surface area (Å²) in [7, 11) is 0. The molecule has 1 saturated heterocycles. The normalized spacial score (nSPS) is 14.3. The number of halogens is 2. The molecule has 1 fully saturated rings. The molecule has 9 heteroatoms. The first-order valence-electron chi connectivity index (χ1n) is 8.02. The van der Waals surface area contributed by atoms with E-state index in [2.05, 4.69) is 15.3 Å². The van der Waals surface area contributed by atoms with E-state index in [1.807, 2.05) is 4.90 Å². The van der Waals surface area contributed by atoms with Crippen LogP contribution >= 0.6 is 0 Å². The molecule has 0 aliphatic carbocycles. The molecule has 7 nitrogen and oxygen atoms in total. The van der Waals surface area contributed by atoms with Gasteiger partial charge in [-0.3, -0.25) is 9.59 Å². The number of nitrogens with zero attached hydrogens (tertiary/aromatic N) is 4. The average molecular weight is 361 g/mol. The van der Waals surface area contributed by atoms with Crippen LogP contribution in [0.3, 0.4) is 0 Å². The van der Waals surface area contributed by atoms with E-state index in [0.29, 0.717) is 43.9 Å². The largest absolute Gasteiger partial charge is 0.353 e. The van der Waals surface area contributed by atoms with E-state index in [-0.39, 0.29) is 11.4 Å². The van der Waals surface area contributed by atoms with E-state index in [9.17, 15) is 18.4 Å². The lowest BCUT2D eigenvalue weighted by Gasteiger charge is -2.33. The van der Waals surface area contributed by atoms with Gasteiger partial charge in [-0.2, -0.15) is 0 Å². The number of aryl methyl sites for hydroxylation is 1. The summed E-state index contributed by atoms with van der Waals surface area (Å²) in [5.41, 5.74) is -0.0529. The Bertz CT molecular complexity index is 838. The molecule has 0 radical (unpaired) electrons. The van der Waals surface area contributed by atoms with Gasteiger partial charge in [0.05, 0.1) is 5.69 Å². The molecule has 0 bridgehead atoms. The first kappa shape index (κ1) is 17.7. The van der Waals surface area contributed by atoms with E-state index >= 15 is 0 Å². The lowest BCUT2D eigenvalue weighted by atomic mass is 10.2. The Morgan fingerprint density at radius 1 is 1.15 bits per heavy atom. The molecule has 2 amide bonds. The van der Waals surface area contributed by atoms with Crippen LogP contribution in [0.1, 0.15) is 16.3 Å². The van der Waals surface area contributed by atoms with Crippen molar-refractivity contribution < 1.29 is 18.4 Å². The van der Waals surface area contributed by atoms with Gasteiger partial charge in [-0.1, -0.05) is 0 Å². The van der Waals surface area contributed by atoms with E-state index < -0.39 is 17.5 Å². The number of benzene rings is 1. The summed E-state index contributed by atoms with van der Waals surface area (Å²) in [4.78, 5) is 35.2. The summed E-state index contributed by atoms with van der Waals surface area (Å²) in [5.74, 6) is -1.25. The number of anilines is 2. The molecule has 136 valence electrons. The molecule has 1 N–H and O–H groups in total. The Kier molecular flexibility index (Phi) is 5.06. The maximum atomic E-state index is 13.7. The number of hydrogen-bond acceptors (Lipinski definition) is 5. The number of carbonyl (C=O) groups excluding carboxylic acids is 2. The Morgan fingerprint density at radius 2 is 1.88 bits per heavy atom. The van der Waals surface area contributed by atoms with Crippen molar-refractivity contribution in [3.8, 4) is 0 Å². The molecule has 0 spiro atoms. The lowest BCUT2D eigenvalue weighted by Crippen LogP contribution is -2.46. The number of nitrogens with one attached hydrogen (secondary N) is 1. The second-order valence-corrected chi connectivity index (χ2v) is 5.87. The van der Waals surface area contributed by atoms with E-state index in [1.54, 1.807) is 11.8 Å². The van der Waals surface area contributed by atoms with E-state index in [0.717, 1.165) is 18.5 Å². The number of piperazine rings is 1. The van der Waals surface area contributed by atoms with Gasteiger partial charge < -0.3 is 15.1 Å². The average Bonchev–Trinajstić information content (AvgIpc) is 2.63. The molecule has 1 aromatic carbocycles.